The van der Waals surface area contributed by atoms with Crippen molar-refractivity contribution in [2.24, 2.45) is 0 Å². The Morgan fingerprint density at radius 3 is 1.51 bits per heavy atom. The number of hydrogen-bond acceptors (Lipinski definition) is 1. The summed E-state index contributed by atoms with van der Waals surface area (Å²) in [4.78, 5) is 2.53. The van der Waals surface area contributed by atoms with Gasteiger partial charge in [-0.15, -0.1) is 0 Å². The molecule has 43 heavy (non-hydrogen) atoms. The molecule has 2 aliphatic rings. The van der Waals surface area contributed by atoms with E-state index in [1.165, 1.54) is 72.7 Å². The number of fused-ring (bicyclic) bond motifs is 4. The molecule has 0 N–H and O–H groups in total. The first kappa shape index (κ1) is 25.8. The summed E-state index contributed by atoms with van der Waals surface area (Å²) in [5.41, 5.74) is 16.7. The highest BCUT2D eigenvalue weighted by atomic mass is 15.2. The highest BCUT2D eigenvalue weighted by Crippen LogP contribution is 2.60. The predicted molar refractivity (Wildman–Crippen MR) is 182 cm³/mol. The molecule has 0 radical (unpaired) electrons. The largest absolute Gasteiger partial charge is 0.309 e. The third kappa shape index (κ3) is 3.85. The maximum atomic E-state index is 2.53. The van der Waals surface area contributed by atoms with Crippen LogP contribution < -0.4 is 4.90 Å². The summed E-state index contributed by atoms with van der Waals surface area (Å²) in [7, 11) is 0. The molecule has 0 aromatic heterocycles. The minimum absolute atomic E-state index is 0.0638. The lowest BCUT2D eigenvalue weighted by molar-refractivity contribution is 0.597. The van der Waals surface area contributed by atoms with Crippen molar-refractivity contribution in [1.82, 2.24) is 0 Å². The molecule has 2 heterocycles. The van der Waals surface area contributed by atoms with E-state index < -0.39 is 0 Å². The monoisotopic (exact) mass is 553 g/mol. The normalized spacial score (nSPS) is 15.3. The van der Waals surface area contributed by atoms with Crippen molar-refractivity contribution in [3.8, 4) is 33.4 Å². The van der Waals surface area contributed by atoms with E-state index >= 15 is 0 Å². The first-order valence-corrected chi connectivity index (χ1v) is 15.3. The minimum atomic E-state index is -0.138. The molecular formula is C42H35N. The van der Waals surface area contributed by atoms with Crippen molar-refractivity contribution >= 4 is 17.1 Å². The minimum Gasteiger partial charge on any atom is -0.309 e. The van der Waals surface area contributed by atoms with Gasteiger partial charge in [-0.1, -0.05) is 143 Å². The molecule has 0 bridgehead atoms. The van der Waals surface area contributed by atoms with E-state index in [1.807, 2.05) is 0 Å². The average molecular weight is 554 g/mol. The molecule has 0 saturated heterocycles. The molecule has 0 saturated carbocycles. The van der Waals surface area contributed by atoms with Crippen LogP contribution in [0.2, 0.25) is 0 Å². The summed E-state index contributed by atoms with van der Waals surface area (Å²) in [5, 5.41) is 0. The van der Waals surface area contributed by atoms with E-state index in [4.69, 9.17) is 0 Å². The lowest BCUT2D eigenvalue weighted by Gasteiger charge is -2.49. The van der Waals surface area contributed by atoms with Crippen LogP contribution >= 0.6 is 0 Å². The van der Waals surface area contributed by atoms with Gasteiger partial charge in [0.05, 0.1) is 17.1 Å². The lowest BCUT2D eigenvalue weighted by atomic mass is 9.66. The van der Waals surface area contributed by atoms with Crippen molar-refractivity contribution in [3.05, 3.63) is 162 Å². The number of anilines is 3. The standard InChI is InChI=1S/C42H35N/c1-41(2)34-16-8-9-19-38(34)43-39-25-24-33(27-37(39)42(3,4)36-18-11-17-35(41)40(36)43)32-15-10-14-31(26-32)30-22-20-29(21-23-30)28-12-6-5-7-13-28/h5-27H,1-4H3. The number of rotatable bonds is 3. The van der Waals surface area contributed by atoms with Crippen molar-refractivity contribution in [1.29, 1.82) is 0 Å². The molecule has 0 amide bonds. The Hall–Kier alpha value is -4.88. The highest BCUT2D eigenvalue weighted by Gasteiger charge is 2.45. The van der Waals surface area contributed by atoms with Crippen LogP contribution in [0, 0.1) is 0 Å². The van der Waals surface area contributed by atoms with Gasteiger partial charge in [0.15, 0.2) is 0 Å². The zero-order chi connectivity index (χ0) is 29.3. The summed E-state index contributed by atoms with van der Waals surface area (Å²) in [6.07, 6.45) is 0. The van der Waals surface area contributed by atoms with E-state index in [1.54, 1.807) is 0 Å². The Balaban J connectivity index is 1.23. The Morgan fingerprint density at radius 1 is 0.349 bits per heavy atom. The summed E-state index contributed by atoms with van der Waals surface area (Å²) in [5.74, 6) is 0. The second-order valence-corrected chi connectivity index (χ2v) is 13.1. The van der Waals surface area contributed by atoms with Crippen molar-refractivity contribution in [2.45, 2.75) is 38.5 Å². The maximum absolute atomic E-state index is 2.53. The van der Waals surface area contributed by atoms with Crippen LogP contribution in [0.5, 0.6) is 0 Å². The van der Waals surface area contributed by atoms with E-state index in [-0.39, 0.29) is 10.8 Å². The van der Waals surface area contributed by atoms with Gasteiger partial charge in [0, 0.05) is 10.8 Å². The van der Waals surface area contributed by atoms with Crippen LogP contribution in [0.3, 0.4) is 0 Å². The molecule has 0 spiro atoms. The summed E-state index contributed by atoms with van der Waals surface area (Å²) in [6.45, 7) is 9.51. The molecule has 208 valence electrons. The third-order valence-corrected chi connectivity index (χ3v) is 9.86. The second-order valence-electron chi connectivity index (χ2n) is 13.1. The fourth-order valence-corrected chi connectivity index (χ4v) is 7.43. The number of benzene rings is 6. The van der Waals surface area contributed by atoms with Crippen LogP contribution in [-0.2, 0) is 10.8 Å². The number of hydrogen-bond donors (Lipinski definition) is 0. The van der Waals surface area contributed by atoms with E-state index in [0.717, 1.165) is 0 Å². The fourth-order valence-electron chi connectivity index (χ4n) is 7.43. The SMILES string of the molecule is CC1(C)c2ccccc2N2c3ccc(-c4cccc(-c5ccc(-c6ccccc6)cc5)c4)cc3C(C)(C)c3cccc1c32. The molecule has 6 aromatic carbocycles. The zero-order valence-corrected chi connectivity index (χ0v) is 25.2. The van der Waals surface area contributed by atoms with Gasteiger partial charge in [0.1, 0.15) is 0 Å². The topological polar surface area (TPSA) is 3.24 Å². The molecule has 1 heteroatoms. The molecule has 8 rings (SSSR count). The Kier molecular flexibility index (Phi) is 5.59. The molecule has 1 nitrogen and oxygen atoms in total. The molecule has 6 aromatic rings. The number of nitrogens with zero attached hydrogens (tertiary/aromatic N) is 1. The first-order valence-electron chi connectivity index (χ1n) is 15.3. The second kappa shape index (κ2) is 9.31. The van der Waals surface area contributed by atoms with Crippen LogP contribution in [0.15, 0.2) is 140 Å². The quantitative estimate of drug-likeness (QED) is 0.211. The van der Waals surface area contributed by atoms with Crippen molar-refractivity contribution in [3.63, 3.8) is 0 Å². The van der Waals surface area contributed by atoms with Crippen LogP contribution in [0.4, 0.5) is 17.1 Å². The van der Waals surface area contributed by atoms with E-state index in [9.17, 15) is 0 Å². The zero-order valence-electron chi connectivity index (χ0n) is 25.2. The van der Waals surface area contributed by atoms with Gasteiger partial charge in [0.25, 0.3) is 0 Å². The smallest absolute Gasteiger partial charge is 0.0543 e. The van der Waals surface area contributed by atoms with E-state index in [2.05, 4.69) is 172 Å². The third-order valence-electron chi connectivity index (χ3n) is 9.86. The van der Waals surface area contributed by atoms with Gasteiger partial charge in [-0.05, 0) is 79.9 Å². The Labute approximate surface area is 255 Å². The molecule has 0 unspecified atom stereocenters. The molecular weight excluding hydrogens is 518 g/mol. The first-order chi connectivity index (χ1) is 20.8. The van der Waals surface area contributed by atoms with Gasteiger partial charge in [-0.25, -0.2) is 0 Å². The number of para-hydroxylation sites is 2. The lowest BCUT2D eigenvalue weighted by Crippen LogP contribution is -2.38. The van der Waals surface area contributed by atoms with Gasteiger partial charge in [-0.3, -0.25) is 0 Å². The highest BCUT2D eigenvalue weighted by molar-refractivity contribution is 5.93. The Morgan fingerprint density at radius 2 is 0.791 bits per heavy atom. The predicted octanol–water partition coefficient (Wildman–Crippen LogP) is 11.4. The molecule has 0 atom stereocenters. The van der Waals surface area contributed by atoms with Crippen LogP contribution in [0.1, 0.15) is 49.9 Å². The fraction of sp³-hybridized carbons (Fsp3) is 0.143. The van der Waals surface area contributed by atoms with E-state index in [0.29, 0.717) is 0 Å². The Bertz CT molecular complexity index is 2010. The summed E-state index contributed by atoms with van der Waals surface area (Å²) < 4.78 is 0. The van der Waals surface area contributed by atoms with Crippen LogP contribution in [0.25, 0.3) is 33.4 Å². The summed E-state index contributed by atoms with van der Waals surface area (Å²) >= 11 is 0. The molecule has 0 fully saturated rings. The van der Waals surface area contributed by atoms with Gasteiger partial charge < -0.3 is 4.90 Å². The average Bonchev–Trinajstić information content (AvgIpc) is 3.05. The van der Waals surface area contributed by atoms with Crippen molar-refractivity contribution in [2.75, 3.05) is 4.90 Å². The molecule has 2 aliphatic heterocycles. The van der Waals surface area contributed by atoms with Gasteiger partial charge >= 0.3 is 0 Å². The maximum Gasteiger partial charge on any atom is 0.0543 e. The summed E-state index contributed by atoms with van der Waals surface area (Å²) in [6, 6.07) is 51.4. The van der Waals surface area contributed by atoms with Crippen LogP contribution in [-0.4, -0.2) is 0 Å². The van der Waals surface area contributed by atoms with Crippen molar-refractivity contribution < 1.29 is 0 Å². The molecule has 0 aliphatic carbocycles. The van der Waals surface area contributed by atoms with Gasteiger partial charge in [0.2, 0.25) is 0 Å². The van der Waals surface area contributed by atoms with Gasteiger partial charge in [-0.2, -0.15) is 0 Å².